The summed E-state index contributed by atoms with van der Waals surface area (Å²) < 4.78 is 12.4. The van der Waals surface area contributed by atoms with Crippen molar-refractivity contribution in [3.63, 3.8) is 0 Å². The van der Waals surface area contributed by atoms with Crippen molar-refractivity contribution in [2.75, 3.05) is 7.11 Å². The number of furan rings is 1. The molecule has 7 heteroatoms. The number of hydrogen-bond donors (Lipinski definition) is 0. The summed E-state index contributed by atoms with van der Waals surface area (Å²) in [5, 5.41) is 6.26. The molecule has 6 nitrogen and oxygen atoms in total. The lowest BCUT2D eigenvalue weighted by Crippen LogP contribution is -2.20. The number of rotatable bonds is 4. The number of halogens is 1. The van der Waals surface area contributed by atoms with Crippen LogP contribution in [0.15, 0.2) is 87.1 Å². The maximum absolute atomic E-state index is 13.2. The second-order valence-corrected chi connectivity index (χ2v) is 7.26. The van der Waals surface area contributed by atoms with Crippen molar-refractivity contribution in [3.8, 4) is 17.3 Å². The van der Waals surface area contributed by atoms with Gasteiger partial charge >= 0.3 is 0 Å². The quantitative estimate of drug-likeness (QED) is 0.361. The summed E-state index contributed by atoms with van der Waals surface area (Å²) >= 11 is 6.21. The summed E-state index contributed by atoms with van der Waals surface area (Å²) in [6, 6.07) is 21.9. The Bertz CT molecular complexity index is 1490. The van der Waals surface area contributed by atoms with Gasteiger partial charge < -0.3 is 9.15 Å². The van der Waals surface area contributed by atoms with Crippen molar-refractivity contribution >= 4 is 39.7 Å². The summed E-state index contributed by atoms with van der Waals surface area (Å²) in [5.74, 6) is 1.33. The Morgan fingerprint density at radius 2 is 1.87 bits per heavy atom. The lowest BCUT2D eigenvalue weighted by molar-refractivity contribution is 0.415. The van der Waals surface area contributed by atoms with Crippen molar-refractivity contribution in [1.29, 1.82) is 0 Å². The Kier molecular flexibility index (Phi) is 4.76. The summed E-state index contributed by atoms with van der Waals surface area (Å²) in [4.78, 5) is 17.9. The Morgan fingerprint density at radius 3 is 2.68 bits per heavy atom. The maximum atomic E-state index is 13.2. The molecule has 3 aromatic carbocycles. The highest BCUT2D eigenvalue weighted by molar-refractivity contribution is 6.32. The summed E-state index contributed by atoms with van der Waals surface area (Å²) in [6.45, 7) is 0. The van der Waals surface area contributed by atoms with Crippen molar-refractivity contribution in [2.45, 2.75) is 0 Å². The van der Waals surface area contributed by atoms with Crippen molar-refractivity contribution in [3.05, 3.63) is 93.7 Å². The van der Waals surface area contributed by atoms with Gasteiger partial charge in [0, 0.05) is 5.39 Å². The van der Waals surface area contributed by atoms with E-state index in [1.165, 1.54) is 4.68 Å². The SMILES string of the molecule is COc1ccc(C=Nn2c(-c3cc4ccccc4o3)nc3ccccc3c2=O)cc1Cl. The largest absolute Gasteiger partial charge is 0.495 e. The van der Waals surface area contributed by atoms with Crippen LogP contribution in [0.4, 0.5) is 0 Å². The molecule has 0 saturated carbocycles. The van der Waals surface area contributed by atoms with Gasteiger partial charge in [-0.15, -0.1) is 0 Å². The van der Waals surface area contributed by atoms with E-state index < -0.39 is 0 Å². The van der Waals surface area contributed by atoms with Gasteiger partial charge in [-0.3, -0.25) is 4.79 Å². The number of fused-ring (bicyclic) bond motifs is 2. The number of nitrogens with zero attached hydrogens (tertiary/aromatic N) is 3. The molecular weight excluding hydrogens is 414 g/mol. The van der Waals surface area contributed by atoms with E-state index in [-0.39, 0.29) is 5.56 Å². The van der Waals surface area contributed by atoms with Crippen LogP contribution in [0.5, 0.6) is 5.75 Å². The first kappa shape index (κ1) is 19.1. The molecule has 0 radical (unpaired) electrons. The number of methoxy groups -OCH3 is 1. The minimum absolute atomic E-state index is 0.295. The Labute approximate surface area is 182 Å². The van der Waals surface area contributed by atoms with E-state index in [9.17, 15) is 4.79 Å². The number of aromatic nitrogens is 2. The fourth-order valence-corrected chi connectivity index (χ4v) is 3.64. The molecule has 0 aliphatic heterocycles. The lowest BCUT2D eigenvalue weighted by Gasteiger charge is -2.07. The highest BCUT2D eigenvalue weighted by Crippen LogP contribution is 2.27. The van der Waals surface area contributed by atoms with Crippen molar-refractivity contribution < 1.29 is 9.15 Å². The fraction of sp³-hybridized carbons (Fsp3) is 0.0417. The maximum Gasteiger partial charge on any atom is 0.282 e. The molecule has 0 aliphatic rings. The monoisotopic (exact) mass is 429 g/mol. The van der Waals surface area contributed by atoms with Crippen LogP contribution < -0.4 is 10.3 Å². The summed E-state index contributed by atoms with van der Waals surface area (Å²) in [7, 11) is 1.55. The molecule has 0 bridgehead atoms. The molecule has 0 unspecified atom stereocenters. The first-order valence-electron chi connectivity index (χ1n) is 9.53. The molecule has 0 spiro atoms. The molecule has 0 saturated heterocycles. The molecule has 2 aromatic heterocycles. The third-order valence-electron chi connectivity index (χ3n) is 4.90. The van der Waals surface area contributed by atoms with Gasteiger partial charge in [-0.1, -0.05) is 41.9 Å². The van der Waals surface area contributed by atoms with Crippen LogP contribution >= 0.6 is 11.6 Å². The van der Waals surface area contributed by atoms with E-state index in [0.29, 0.717) is 44.4 Å². The van der Waals surface area contributed by atoms with Gasteiger partial charge in [0.2, 0.25) is 5.82 Å². The molecule has 2 heterocycles. The van der Waals surface area contributed by atoms with E-state index >= 15 is 0 Å². The van der Waals surface area contributed by atoms with Gasteiger partial charge in [0.25, 0.3) is 5.56 Å². The highest BCUT2D eigenvalue weighted by Gasteiger charge is 2.16. The standard InChI is InChI=1S/C24H16ClN3O3/c1-30-21-11-10-15(12-18(21)25)14-26-28-23(22-13-16-6-2-5-9-20(16)31-22)27-19-8-4-3-7-17(19)24(28)29/h2-14H,1H3. The molecular formula is C24H16ClN3O3. The van der Waals surface area contributed by atoms with Crippen LogP contribution in [-0.2, 0) is 0 Å². The van der Waals surface area contributed by atoms with E-state index in [4.69, 9.17) is 20.8 Å². The van der Waals surface area contributed by atoms with Crippen molar-refractivity contribution in [2.24, 2.45) is 5.10 Å². The van der Waals surface area contributed by atoms with Gasteiger partial charge in [0.1, 0.15) is 11.3 Å². The zero-order chi connectivity index (χ0) is 21.4. The Morgan fingerprint density at radius 1 is 1.06 bits per heavy atom. The zero-order valence-electron chi connectivity index (χ0n) is 16.4. The molecule has 0 atom stereocenters. The zero-order valence-corrected chi connectivity index (χ0v) is 17.2. The predicted molar refractivity (Wildman–Crippen MR) is 122 cm³/mol. The van der Waals surface area contributed by atoms with Crippen LogP contribution in [0, 0.1) is 0 Å². The van der Waals surface area contributed by atoms with Gasteiger partial charge in [-0.2, -0.15) is 9.78 Å². The van der Waals surface area contributed by atoms with Crippen molar-refractivity contribution in [1.82, 2.24) is 9.66 Å². The summed E-state index contributed by atoms with van der Waals surface area (Å²) in [5.41, 5.74) is 1.69. The average molecular weight is 430 g/mol. The normalized spacial score (nSPS) is 11.5. The molecule has 5 aromatic rings. The second kappa shape index (κ2) is 7.74. The van der Waals surface area contributed by atoms with E-state index in [1.807, 2.05) is 36.4 Å². The van der Waals surface area contributed by atoms with E-state index in [2.05, 4.69) is 10.1 Å². The van der Waals surface area contributed by atoms with Gasteiger partial charge in [0.15, 0.2) is 5.76 Å². The van der Waals surface area contributed by atoms with E-state index in [0.717, 1.165) is 5.39 Å². The Hall–Kier alpha value is -3.90. The first-order valence-corrected chi connectivity index (χ1v) is 9.90. The smallest absolute Gasteiger partial charge is 0.282 e. The van der Waals surface area contributed by atoms with Crippen LogP contribution in [0.1, 0.15) is 5.56 Å². The van der Waals surface area contributed by atoms with Crippen LogP contribution in [0.25, 0.3) is 33.5 Å². The van der Waals surface area contributed by atoms with Gasteiger partial charge in [0.05, 0.1) is 29.2 Å². The highest BCUT2D eigenvalue weighted by atomic mass is 35.5. The topological polar surface area (TPSA) is 69.6 Å². The number of benzene rings is 3. The van der Waals surface area contributed by atoms with Crippen LogP contribution in [0.3, 0.4) is 0 Å². The second-order valence-electron chi connectivity index (χ2n) is 6.86. The molecule has 0 aliphatic carbocycles. The predicted octanol–water partition coefficient (Wildman–Crippen LogP) is 5.35. The third kappa shape index (κ3) is 3.47. The molecule has 0 N–H and O–H groups in total. The van der Waals surface area contributed by atoms with Gasteiger partial charge in [-0.25, -0.2) is 4.98 Å². The van der Waals surface area contributed by atoms with Crippen LogP contribution in [0.2, 0.25) is 5.02 Å². The number of ether oxygens (including phenoxy) is 1. The molecule has 0 fully saturated rings. The van der Waals surface area contributed by atoms with E-state index in [1.54, 1.807) is 49.7 Å². The first-order chi connectivity index (χ1) is 15.1. The average Bonchev–Trinajstić information content (AvgIpc) is 3.22. The third-order valence-corrected chi connectivity index (χ3v) is 5.19. The lowest BCUT2D eigenvalue weighted by atomic mass is 10.2. The minimum Gasteiger partial charge on any atom is -0.495 e. The Balaban J connectivity index is 1.70. The molecule has 31 heavy (non-hydrogen) atoms. The molecule has 5 rings (SSSR count). The number of para-hydroxylation sites is 2. The fourth-order valence-electron chi connectivity index (χ4n) is 3.37. The minimum atomic E-state index is -0.295. The van der Waals surface area contributed by atoms with Crippen LogP contribution in [-0.4, -0.2) is 23.0 Å². The molecule has 152 valence electrons. The van der Waals surface area contributed by atoms with Gasteiger partial charge in [-0.05, 0) is 48.0 Å². The summed E-state index contributed by atoms with van der Waals surface area (Å²) in [6.07, 6.45) is 1.55. The number of hydrogen-bond acceptors (Lipinski definition) is 5. The molecule has 0 amide bonds.